The summed E-state index contributed by atoms with van der Waals surface area (Å²) in [5.74, 6) is 0.741. The van der Waals surface area contributed by atoms with Crippen molar-refractivity contribution < 1.29 is 38.0 Å². The zero-order chi connectivity index (χ0) is 45.0. The van der Waals surface area contributed by atoms with Gasteiger partial charge in [0.15, 0.2) is 11.5 Å². The number of fused-ring (bicyclic) bond motifs is 2. The minimum absolute atomic E-state index is 0.191. The number of hydrogen-bond donors (Lipinski definition) is 2. The Hall–Kier alpha value is -5.45. The van der Waals surface area contributed by atoms with Gasteiger partial charge in [-0.25, -0.2) is 4.79 Å². The van der Waals surface area contributed by atoms with Gasteiger partial charge in [0.25, 0.3) is 0 Å². The molecule has 64 heavy (non-hydrogen) atoms. The summed E-state index contributed by atoms with van der Waals surface area (Å²) in [5, 5.41) is 16.9. The summed E-state index contributed by atoms with van der Waals surface area (Å²) >= 11 is 12.7. The number of aromatic nitrogens is 3. The molecule has 2 fully saturated rings. The van der Waals surface area contributed by atoms with Crippen molar-refractivity contribution in [3.63, 3.8) is 0 Å². The number of piperazine rings is 1. The maximum absolute atomic E-state index is 13.4. The molecule has 2 aliphatic rings. The van der Waals surface area contributed by atoms with Gasteiger partial charge in [-0.1, -0.05) is 35.3 Å². The molecule has 0 radical (unpaired) electrons. The highest BCUT2D eigenvalue weighted by atomic mass is 35.5. The Bertz CT molecular complexity index is 2540. The van der Waals surface area contributed by atoms with Crippen molar-refractivity contribution in [2.75, 3.05) is 105 Å². The van der Waals surface area contributed by atoms with Crippen LogP contribution in [-0.4, -0.2) is 135 Å². The second kappa shape index (κ2) is 22.4. The SMILES string of the molecule is COc1cc(Nc2c(C#N)cnc3cc(OCCCN4CCN(CCOCCOCCOCCn5c(=O)n(C6CCC(=O)NC6=O)c6ccccc65)CC4)c(OC)cc23)c(Cl)cc1Cl. The summed E-state index contributed by atoms with van der Waals surface area (Å²) in [6.45, 7) is 9.04. The number of nitriles is 1. The van der Waals surface area contributed by atoms with Crippen LogP contribution in [0.1, 0.15) is 30.9 Å². The second-order valence-corrected chi connectivity index (χ2v) is 16.1. The van der Waals surface area contributed by atoms with E-state index in [9.17, 15) is 19.6 Å². The van der Waals surface area contributed by atoms with E-state index in [0.717, 1.165) is 45.7 Å². The maximum Gasteiger partial charge on any atom is 0.329 e. The summed E-state index contributed by atoms with van der Waals surface area (Å²) in [4.78, 5) is 46.9. The highest BCUT2D eigenvalue weighted by Crippen LogP contribution is 2.40. The number of carbonyl (C=O) groups is 2. The maximum atomic E-state index is 13.4. The molecular weight excluding hydrogens is 867 g/mol. The molecule has 0 aliphatic carbocycles. The fourth-order valence-corrected chi connectivity index (χ4v) is 8.39. The Labute approximate surface area is 380 Å². The van der Waals surface area contributed by atoms with Crippen molar-refractivity contribution in [2.24, 2.45) is 0 Å². The van der Waals surface area contributed by atoms with Gasteiger partial charge in [0, 0.05) is 69.4 Å². The second-order valence-electron chi connectivity index (χ2n) is 15.3. The van der Waals surface area contributed by atoms with Gasteiger partial charge >= 0.3 is 5.69 Å². The molecule has 17 nitrogen and oxygen atoms in total. The van der Waals surface area contributed by atoms with Crippen molar-refractivity contribution in [1.29, 1.82) is 5.26 Å². The molecule has 2 saturated heterocycles. The van der Waals surface area contributed by atoms with E-state index in [0.29, 0.717) is 119 Å². The Balaban J connectivity index is 0.756. The lowest BCUT2D eigenvalue weighted by molar-refractivity contribution is -0.135. The van der Waals surface area contributed by atoms with E-state index in [1.807, 2.05) is 30.3 Å². The lowest BCUT2D eigenvalue weighted by Gasteiger charge is -2.34. The predicted molar refractivity (Wildman–Crippen MR) is 242 cm³/mol. The number of pyridine rings is 1. The van der Waals surface area contributed by atoms with Crippen LogP contribution < -0.4 is 30.5 Å². The average Bonchev–Trinajstić information content (AvgIpc) is 3.57. The van der Waals surface area contributed by atoms with Gasteiger partial charge in [-0.15, -0.1) is 0 Å². The number of hydrogen-bond acceptors (Lipinski definition) is 14. The molecule has 19 heteroatoms. The van der Waals surface area contributed by atoms with Gasteiger partial charge in [-0.3, -0.25) is 33.9 Å². The molecule has 2 N–H and O–H groups in total. The first-order valence-electron chi connectivity index (χ1n) is 21.2. The highest BCUT2D eigenvalue weighted by molar-refractivity contribution is 6.37. The number of methoxy groups -OCH3 is 2. The zero-order valence-electron chi connectivity index (χ0n) is 35.9. The number of anilines is 2. The Kier molecular flexibility index (Phi) is 16.3. The average molecular weight is 920 g/mol. The topological polar surface area (TPSA) is 184 Å². The van der Waals surface area contributed by atoms with Crippen molar-refractivity contribution >= 4 is 68.3 Å². The van der Waals surface area contributed by atoms with Crippen molar-refractivity contribution in [1.82, 2.24) is 29.2 Å². The number of imidazole rings is 1. The molecule has 4 heterocycles. The molecular formula is C45H52Cl2N8O9. The number of ether oxygens (including phenoxy) is 6. The number of nitrogens with zero attached hydrogens (tertiary/aromatic N) is 6. The fraction of sp³-hybridized carbons (Fsp3) is 0.444. The first kappa shape index (κ1) is 46.5. The Morgan fingerprint density at radius 2 is 1.47 bits per heavy atom. The van der Waals surface area contributed by atoms with Crippen LogP contribution in [0, 0.1) is 11.3 Å². The number of nitrogens with one attached hydrogen (secondary N) is 2. The molecule has 0 spiro atoms. The van der Waals surface area contributed by atoms with Gasteiger partial charge in [0.1, 0.15) is 17.9 Å². The minimum Gasteiger partial charge on any atom is -0.495 e. The van der Waals surface area contributed by atoms with Gasteiger partial charge < -0.3 is 38.6 Å². The Morgan fingerprint density at radius 3 is 2.16 bits per heavy atom. The van der Waals surface area contributed by atoms with Crippen molar-refractivity contribution in [2.45, 2.75) is 31.8 Å². The molecule has 1 atom stereocenters. The van der Waals surface area contributed by atoms with Crippen LogP contribution in [0.2, 0.25) is 10.0 Å². The first-order valence-corrected chi connectivity index (χ1v) is 22.0. The minimum atomic E-state index is -0.729. The number of piperidine rings is 1. The standard InChI is InChI=1S/C45H52Cl2N8O9/c1-59-39-27-35(32(46)25-33(39)47)50-43-30(28-48)29-49-34-26-41(40(60-2)24-31(34)43)64-17-5-10-52-11-13-53(14-12-52)15-18-61-20-22-63-23-21-62-19-16-54-36-6-3-4-7-37(36)55(45(54)58)38-8-9-42(56)51-44(38)57/h3-4,6-7,24-27,29,38H,5,8-23H2,1-2H3,(H,49,50)(H,51,56,57). The van der Waals surface area contributed by atoms with Gasteiger partial charge in [0.05, 0.1) is 111 Å². The molecule has 2 amide bonds. The molecule has 0 saturated carbocycles. The number of halogens is 2. The van der Waals surface area contributed by atoms with E-state index in [-0.39, 0.29) is 24.4 Å². The van der Waals surface area contributed by atoms with Gasteiger partial charge in [0.2, 0.25) is 11.8 Å². The van der Waals surface area contributed by atoms with Crippen LogP contribution in [0.15, 0.2) is 59.5 Å². The highest BCUT2D eigenvalue weighted by Gasteiger charge is 2.31. The molecule has 340 valence electrons. The fourth-order valence-electron chi connectivity index (χ4n) is 7.88. The van der Waals surface area contributed by atoms with E-state index in [1.165, 1.54) is 17.9 Å². The molecule has 3 aromatic carbocycles. The van der Waals surface area contributed by atoms with Crippen LogP contribution in [-0.2, 0) is 30.3 Å². The summed E-state index contributed by atoms with van der Waals surface area (Å²) in [6.07, 6.45) is 2.82. The molecule has 0 bridgehead atoms. The number of amides is 2. The summed E-state index contributed by atoms with van der Waals surface area (Å²) in [6, 6.07) is 15.7. The molecule has 7 rings (SSSR count). The van der Waals surface area contributed by atoms with Crippen LogP contribution in [0.3, 0.4) is 0 Å². The van der Waals surface area contributed by atoms with Crippen molar-refractivity contribution in [3.8, 4) is 23.3 Å². The monoisotopic (exact) mass is 918 g/mol. The van der Waals surface area contributed by atoms with E-state index in [4.69, 9.17) is 51.6 Å². The van der Waals surface area contributed by atoms with Gasteiger partial charge in [-0.05, 0) is 37.1 Å². The Morgan fingerprint density at radius 1 is 0.797 bits per heavy atom. The largest absolute Gasteiger partial charge is 0.495 e. The third kappa shape index (κ3) is 11.2. The predicted octanol–water partition coefficient (Wildman–Crippen LogP) is 5.40. The summed E-state index contributed by atoms with van der Waals surface area (Å²) in [7, 11) is 3.09. The number of imide groups is 1. The smallest absolute Gasteiger partial charge is 0.329 e. The molecule has 2 aliphatic heterocycles. The quantitative estimate of drug-likeness (QED) is 0.0665. The molecule has 1 unspecified atom stereocenters. The zero-order valence-corrected chi connectivity index (χ0v) is 37.4. The van der Waals surface area contributed by atoms with Crippen LogP contribution in [0.25, 0.3) is 21.9 Å². The van der Waals surface area contributed by atoms with Crippen LogP contribution in [0.5, 0.6) is 17.2 Å². The van der Waals surface area contributed by atoms with Crippen molar-refractivity contribution in [3.05, 3.63) is 80.8 Å². The van der Waals surface area contributed by atoms with E-state index < -0.39 is 11.9 Å². The lowest BCUT2D eigenvalue weighted by atomic mass is 10.1. The number of rotatable bonds is 22. The third-order valence-corrected chi connectivity index (χ3v) is 11.9. The normalized spacial score (nSPS) is 16.0. The molecule has 2 aromatic heterocycles. The first-order chi connectivity index (χ1) is 31.2. The van der Waals surface area contributed by atoms with Crippen LogP contribution in [0.4, 0.5) is 11.4 Å². The van der Waals surface area contributed by atoms with E-state index in [2.05, 4.69) is 31.5 Å². The summed E-state index contributed by atoms with van der Waals surface area (Å²) < 4.78 is 37.6. The van der Waals surface area contributed by atoms with Crippen LogP contribution >= 0.6 is 23.2 Å². The third-order valence-electron chi connectivity index (χ3n) is 11.3. The van der Waals surface area contributed by atoms with E-state index >= 15 is 0 Å². The summed E-state index contributed by atoms with van der Waals surface area (Å²) in [5.41, 5.74) is 3.04. The molecule has 5 aromatic rings. The lowest BCUT2D eigenvalue weighted by Crippen LogP contribution is -2.47. The number of benzene rings is 3. The number of carbonyl (C=O) groups excluding carboxylic acids is 2. The van der Waals surface area contributed by atoms with E-state index in [1.54, 1.807) is 29.9 Å². The number of para-hydroxylation sites is 2. The van der Waals surface area contributed by atoms with Gasteiger partial charge in [-0.2, -0.15) is 5.26 Å².